The van der Waals surface area contributed by atoms with E-state index in [0.29, 0.717) is 17.8 Å². The van der Waals surface area contributed by atoms with Crippen LogP contribution in [0.1, 0.15) is 18.4 Å². The van der Waals surface area contributed by atoms with Crippen LogP contribution in [0.3, 0.4) is 0 Å². The summed E-state index contributed by atoms with van der Waals surface area (Å²) in [7, 11) is 0. The van der Waals surface area contributed by atoms with Crippen molar-refractivity contribution in [3.8, 4) is 0 Å². The maximum absolute atomic E-state index is 11.8. The Morgan fingerprint density at radius 2 is 2.21 bits per heavy atom. The molecule has 0 aliphatic rings. The van der Waals surface area contributed by atoms with E-state index in [9.17, 15) is 4.79 Å². The van der Waals surface area contributed by atoms with Gasteiger partial charge in [-0.25, -0.2) is 0 Å². The molecule has 0 spiro atoms. The van der Waals surface area contributed by atoms with Gasteiger partial charge in [0.25, 0.3) is 0 Å². The van der Waals surface area contributed by atoms with E-state index in [-0.39, 0.29) is 5.91 Å². The summed E-state index contributed by atoms with van der Waals surface area (Å²) in [6.45, 7) is 2.74. The lowest BCUT2D eigenvalue weighted by molar-refractivity contribution is -0.116. The molecule has 1 heterocycles. The van der Waals surface area contributed by atoms with Crippen LogP contribution in [0.4, 0.5) is 11.4 Å². The van der Waals surface area contributed by atoms with Crippen LogP contribution in [-0.2, 0) is 11.3 Å². The number of hydrogen-bond acceptors (Lipinski definition) is 3. The van der Waals surface area contributed by atoms with E-state index in [4.69, 9.17) is 5.73 Å². The smallest absolute Gasteiger partial charge is 0.224 e. The van der Waals surface area contributed by atoms with Gasteiger partial charge in [0.05, 0.1) is 17.6 Å². The lowest BCUT2D eigenvalue weighted by Crippen LogP contribution is -2.13. The zero-order valence-corrected chi connectivity index (χ0v) is 11.0. The van der Waals surface area contributed by atoms with Gasteiger partial charge >= 0.3 is 0 Å². The van der Waals surface area contributed by atoms with E-state index >= 15 is 0 Å². The van der Waals surface area contributed by atoms with E-state index < -0.39 is 0 Å². The van der Waals surface area contributed by atoms with Gasteiger partial charge < -0.3 is 11.1 Å². The Bertz CT molecular complexity index is 562. The van der Waals surface area contributed by atoms with Crippen LogP contribution in [0.2, 0.25) is 0 Å². The quantitative estimate of drug-likeness (QED) is 0.807. The Hall–Kier alpha value is -2.30. The number of hydrogen-bond donors (Lipinski definition) is 2. The molecule has 1 aromatic heterocycles. The average molecular weight is 258 g/mol. The molecular weight excluding hydrogens is 240 g/mol. The highest BCUT2D eigenvalue weighted by Gasteiger charge is 2.04. The van der Waals surface area contributed by atoms with Crippen molar-refractivity contribution >= 4 is 17.3 Å². The second-order valence-electron chi connectivity index (χ2n) is 4.52. The van der Waals surface area contributed by atoms with Crippen molar-refractivity contribution in [2.24, 2.45) is 0 Å². The number of carbonyl (C=O) groups is 1. The van der Waals surface area contributed by atoms with Crippen molar-refractivity contribution < 1.29 is 4.79 Å². The number of carbonyl (C=O) groups excluding carboxylic acids is 1. The van der Waals surface area contributed by atoms with Crippen LogP contribution in [-0.4, -0.2) is 15.7 Å². The van der Waals surface area contributed by atoms with Gasteiger partial charge in [-0.15, -0.1) is 0 Å². The Balaban J connectivity index is 1.77. The molecule has 1 amide bonds. The Labute approximate surface area is 112 Å². The Morgan fingerprint density at radius 1 is 1.42 bits per heavy atom. The molecule has 2 aromatic rings. The number of nitrogens with zero attached hydrogens (tertiary/aromatic N) is 2. The monoisotopic (exact) mass is 258 g/mol. The van der Waals surface area contributed by atoms with Gasteiger partial charge in [0.1, 0.15) is 0 Å². The minimum Gasteiger partial charge on any atom is -0.397 e. The number of nitrogens with one attached hydrogen (secondary N) is 1. The third-order valence-corrected chi connectivity index (χ3v) is 2.79. The zero-order valence-electron chi connectivity index (χ0n) is 11.0. The SMILES string of the molecule is Cc1cnn(CCCC(=O)Nc2ccccc2N)c1. The molecule has 5 nitrogen and oxygen atoms in total. The molecule has 5 heteroatoms. The molecular formula is C14H18N4O. The second-order valence-corrected chi connectivity index (χ2v) is 4.52. The summed E-state index contributed by atoms with van der Waals surface area (Å²) in [5.74, 6) is -0.0261. The van der Waals surface area contributed by atoms with E-state index in [0.717, 1.165) is 18.5 Å². The average Bonchev–Trinajstić information content (AvgIpc) is 2.78. The first-order valence-corrected chi connectivity index (χ1v) is 6.28. The van der Waals surface area contributed by atoms with Crippen molar-refractivity contribution in [1.82, 2.24) is 9.78 Å². The number of anilines is 2. The van der Waals surface area contributed by atoms with E-state index in [1.165, 1.54) is 0 Å². The minimum atomic E-state index is -0.0261. The van der Waals surface area contributed by atoms with Crippen LogP contribution < -0.4 is 11.1 Å². The van der Waals surface area contributed by atoms with E-state index in [2.05, 4.69) is 10.4 Å². The summed E-state index contributed by atoms with van der Waals surface area (Å²) < 4.78 is 1.85. The maximum Gasteiger partial charge on any atom is 0.224 e. The second kappa shape index (κ2) is 6.04. The molecule has 1 aromatic carbocycles. The summed E-state index contributed by atoms with van der Waals surface area (Å²) in [5.41, 5.74) is 8.14. The molecule has 0 atom stereocenters. The lowest BCUT2D eigenvalue weighted by Gasteiger charge is -2.07. The molecule has 3 N–H and O–H groups in total. The van der Waals surface area contributed by atoms with Gasteiger partial charge in [0.15, 0.2) is 0 Å². The third kappa shape index (κ3) is 3.84. The number of aromatic nitrogens is 2. The van der Waals surface area contributed by atoms with Gasteiger partial charge in [0, 0.05) is 19.2 Å². The Morgan fingerprint density at radius 3 is 2.89 bits per heavy atom. The summed E-state index contributed by atoms with van der Waals surface area (Å²) >= 11 is 0. The molecule has 0 fully saturated rings. The predicted molar refractivity (Wildman–Crippen MR) is 75.7 cm³/mol. The first kappa shape index (κ1) is 13.1. The summed E-state index contributed by atoms with van der Waals surface area (Å²) in [6, 6.07) is 7.25. The topological polar surface area (TPSA) is 72.9 Å². The summed E-state index contributed by atoms with van der Waals surface area (Å²) in [5, 5.41) is 6.98. The Kier molecular flexibility index (Phi) is 4.18. The first-order chi connectivity index (χ1) is 9.15. The molecule has 0 radical (unpaired) electrons. The summed E-state index contributed by atoms with van der Waals surface area (Å²) in [4.78, 5) is 11.8. The number of nitrogen functional groups attached to an aromatic ring is 1. The number of nitrogens with two attached hydrogens (primary N) is 1. The van der Waals surface area contributed by atoms with Gasteiger partial charge in [-0.1, -0.05) is 12.1 Å². The first-order valence-electron chi connectivity index (χ1n) is 6.28. The maximum atomic E-state index is 11.8. The fourth-order valence-electron chi connectivity index (χ4n) is 1.81. The lowest BCUT2D eigenvalue weighted by atomic mass is 10.2. The standard InChI is InChI=1S/C14H18N4O/c1-11-9-16-18(10-11)8-4-7-14(19)17-13-6-3-2-5-12(13)15/h2-3,5-6,9-10H,4,7-8,15H2,1H3,(H,17,19). The molecule has 2 rings (SSSR count). The van der Waals surface area contributed by atoms with Crippen molar-refractivity contribution in [2.45, 2.75) is 26.3 Å². The third-order valence-electron chi connectivity index (χ3n) is 2.79. The largest absolute Gasteiger partial charge is 0.397 e. The summed E-state index contributed by atoms with van der Waals surface area (Å²) in [6.07, 6.45) is 4.98. The van der Waals surface area contributed by atoms with Gasteiger partial charge in [-0.3, -0.25) is 9.48 Å². The highest BCUT2D eigenvalue weighted by molar-refractivity contribution is 5.93. The van der Waals surface area contributed by atoms with E-state index in [1.807, 2.05) is 36.1 Å². The van der Waals surface area contributed by atoms with Gasteiger partial charge in [-0.05, 0) is 31.0 Å². The molecule has 0 aliphatic carbocycles. The number of aryl methyl sites for hydroxylation is 2. The predicted octanol–water partition coefficient (Wildman–Crippen LogP) is 2.19. The fourth-order valence-corrected chi connectivity index (χ4v) is 1.81. The number of para-hydroxylation sites is 2. The molecule has 100 valence electrons. The molecule has 0 saturated carbocycles. The van der Waals surface area contributed by atoms with Crippen LogP contribution >= 0.6 is 0 Å². The molecule has 0 saturated heterocycles. The molecule has 0 bridgehead atoms. The van der Waals surface area contributed by atoms with Crippen molar-refractivity contribution in [1.29, 1.82) is 0 Å². The molecule has 0 unspecified atom stereocenters. The molecule has 0 aliphatic heterocycles. The number of rotatable bonds is 5. The minimum absolute atomic E-state index is 0.0261. The molecule has 19 heavy (non-hydrogen) atoms. The fraction of sp³-hybridized carbons (Fsp3) is 0.286. The van der Waals surface area contributed by atoms with Crippen LogP contribution in [0.15, 0.2) is 36.7 Å². The van der Waals surface area contributed by atoms with E-state index in [1.54, 1.807) is 12.1 Å². The highest BCUT2D eigenvalue weighted by Crippen LogP contribution is 2.16. The van der Waals surface area contributed by atoms with Crippen LogP contribution in [0.25, 0.3) is 0 Å². The van der Waals surface area contributed by atoms with Gasteiger partial charge in [0.2, 0.25) is 5.91 Å². The van der Waals surface area contributed by atoms with Crippen molar-refractivity contribution in [3.63, 3.8) is 0 Å². The van der Waals surface area contributed by atoms with Crippen LogP contribution in [0.5, 0.6) is 0 Å². The zero-order chi connectivity index (χ0) is 13.7. The highest BCUT2D eigenvalue weighted by atomic mass is 16.1. The van der Waals surface area contributed by atoms with Crippen LogP contribution in [0, 0.1) is 6.92 Å². The van der Waals surface area contributed by atoms with Crippen molar-refractivity contribution in [2.75, 3.05) is 11.1 Å². The number of benzene rings is 1. The van der Waals surface area contributed by atoms with Gasteiger partial charge in [-0.2, -0.15) is 5.10 Å². The van der Waals surface area contributed by atoms with Crippen molar-refractivity contribution in [3.05, 3.63) is 42.2 Å². The number of amides is 1. The normalized spacial score (nSPS) is 10.4.